The molecule has 1 aliphatic carbocycles. The summed E-state index contributed by atoms with van der Waals surface area (Å²) in [4.78, 5) is 10.7. The fraction of sp³-hybridized carbons (Fsp3) is 0.0556. The summed E-state index contributed by atoms with van der Waals surface area (Å²) >= 11 is 0. The summed E-state index contributed by atoms with van der Waals surface area (Å²) in [5.41, 5.74) is 2.15. The monoisotopic (exact) mass is 262 g/mol. The third kappa shape index (κ3) is 1.91. The Hall–Kier alpha value is -2.45. The van der Waals surface area contributed by atoms with Crippen LogP contribution in [0.15, 0.2) is 60.7 Å². The normalized spacial score (nSPS) is 15.4. The molecule has 0 unspecified atom stereocenters. The summed E-state index contributed by atoms with van der Waals surface area (Å²) in [7, 11) is 0. The lowest BCUT2D eigenvalue weighted by Crippen LogP contribution is -2.26. The first-order valence-electron chi connectivity index (χ1n) is 6.48. The molecule has 0 fully saturated rings. The lowest BCUT2D eigenvalue weighted by atomic mass is 9.83. The van der Waals surface area contributed by atoms with Gasteiger partial charge < -0.3 is 5.11 Å². The zero-order valence-corrected chi connectivity index (χ0v) is 10.9. The van der Waals surface area contributed by atoms with E-state index in [9.17, 15) is 9.90 Å². The van der Waals surface area contributed by atoms with Gasteiger partial charge in [-0.1, -0.05) is 60.7 Å². The Balaban J connectivity index is 2.34. The summed E-state index contributed by atoms with van der Waals surface area (Å²) in [6, 6.07) is 15.3. The largest absolute Gasteiger partial charge is 0.377 e. The molecular weight excluding hydrogens is 248 g/mol. The maximum atomic E-state index is 11.2. The highest BCUT2D eigenvalue weighted by atomic mass is 16.3. The number of rotatable bonds is 2. The first-order chi connectivity index (χ1) is 9.75. The molecule has 2 aromatic rings. The SMILES string of the molecule is O=C/C=C/C1(O)c2ccccc2C=Cc2ccccc21. The molecule has 1 N–H and O–H groups in total. The standard InChI is InChI=1S/C18H14O2/c19-13-5-12-18(20)16-8-3-1-6-14(16)10-11-15-7-2-4-9-17(15)18/h1-13,20H/b12-5+. The molecule has 0 aromatic heterocycles. The Labute approximate surface area is 117 Å². The van der Waals surface area contributed by atoms with Crippen molar-refractivity contribution in [2.45, 2.75) is 5.60 Å². The molecule has 0 bridgehead atoms. The van der Waals surface area contributed by atoms with Gasteiger partial charge in [-0.05, 0) is 34.4 Å². The van der Waals surface area contributed by atoms with Crippen molar-refractivity contribution < 1.29 is 9.90 Å². The van der Waals surface area contributed by atoms with Gasteiger partial charge in [0.1, 0.15) is 11.9 Å². The molecule has 2 aromatic carbocycles. The quantitative estimate of drug-likeness (QED) is 0.666. The van der Waals surface area contributed by atoms with E-state index in [2.05, 4.69) is 0 Å². The number of carbonyl (C=O) groups excluding carboxylic acids is 1. The summed E-state index contributed by atoms with van der Waals surface area (Å²) in [5.74, 6) is 0. The van der Waals surface area contributed by atoms with Crippen molar-refractivity contribution in [2.75, 3.05) is 0 Å². The van der Waals surface area contributed by atoms with Crippen LogP contribution >= 0.6 is 0 Å². The van der Waals surface area contributed by atoms with Gasteiger partial charge in [-0.15, -0.1) is 0 Å². The number of fused-ring (bicyclic) bond motifs is 2. The average molecular weight is 262 g/mol. The van der Waals surface area contributed by atoms with E-state index in [1.807, 2.05) is 60.7 Å². The Kier molecular flexibility index (Phi) is 3.09. The van der Waals surface area contributed by atoms with E-state index in [0.29, 0.717) is 6.29 Å². The fourth-order valence-corrected chi connectivity index (χ4v) is 2.66. The van der Waals surface area contributed by atoms with Crippen LogP contribution in [0.5, 0.6) is 0 Å². The van der Waals surface area contributed by atoms with Gasteiger partial charge >= 0.3 is 0 Å². The first kappa shape index (κ1) is 12.6. The van der Waals surface area contributed by atoms with Crippen LogP contribution in [0.1, 0.15) is 22.3 Å². The molecule has 0 aliphatic heterocycles. The van der Waals surface area contributed by atoms with Crippen LogP contribution in [0.4, 0.5) is 0 Å². The molecule has 0 atom stereocenters. The molecule has 0 radical (unpaired) electrons. The number of carbonyl (C=O) groups is 1. The molecule has 98 valence electrons. The highest BCUT2D eigenvalue weighted by Gasteiger charge is 2.33. The summed E-state index contributed by atoms with van der Waals surface area (Å²) in [6.45, 7) is 0. The first-order valence-corrected chi connectivity index (χ1v) is 6.48. The summed E-state index contributed by atoms with van der Waals surface area (Å²) in [5, 5.41) is 11.2. The van der Waals surface area contributed by atoms with Gasteiger partial charge in [0.25, 0.3) is 0 Å². The van der Waals surface area contributed by atoms with Crippen LogP contribution in [0.2, 0.25) is 0 Å². The highest BCUT2D eigenvalue weighted by Crippen LogP contribution is 2.38. The van der Waals surface area contributed by atoms with Crippen LogP contribution in [-0.4, -0.2) is 11.4 Å². The van der Waals surface area contributed by atoms with Crippen LogP contribution in [0.25, 0.3) is 12.2 Å². The second-order valence-electron chi connectivity index (χ2n) is 4.77. The van der Waals surface area contributed by atoms with Crippen LogP contribution in [-0.2, 0) is 10.4 Å². The van der Waals surface area contributed by atoms with Gasteiger partial charge in [-0.3, -0.25) is 4.79 Å². The molecule has 0 amide bonds. The average Bonchev–Trinajstić information content (AvgIpc) is 2.62. The van der Waals surface area contributed by atoms with Crippen molar-refractivity contribution in [1.82, 2.24) is 0 Å². The Morgan fingerprint density at radius 2 is 1.35 bits per heavy atom. The predicted molar refractivity (Wildman–Crippen MR) is 80.0 cm³/mol. The molecule has 1 aliphatic rings. The summed E-state index contributed by atoms with van der Waals surface area (Å²) < 4.78 is 0. The summed E-state index contributed by atoms with van der Waals surface area (Å²) in [6.07, 6.45) is 7.55. The van der Waals surface area contributed by atoms with Crippen molar-refractivity contribution in [3.8, 4) is 0 Å². The topological polar surface area (TPSA) is 37.3 Å². The lowest BCUT2D eigenvalue weighted by Gasteiger charge is -2.27. The van der Waals surface area contributed by atoms with Gasteiger partial charge in [0.15, 0.2) is 0 Å². The zero-order valence-electron chi connectivity index (χ0n) is 10.9. The van der Waals surface area contributed by atoms with Gasteiger partial charge in [0, 0.05) is 0 Å². The second kappa shape index (κ2) is 4.91. The van der Waals surface area contributed by atoms with E-state index in [0.717, 1.165) is 22.3 Å². The number of hydrogen-bond acceptors (Lipinski definition) is 2. The van der Waals surface area contributed by atoms with Crippen molar-refractivity contribution >= 4 is 18.4 Å². The Morgan fingerprint density at radius 3 is 1.85 bits per heavy atom. The van der Waals surface area contributed by atoms with Crippen LogP contribution in [0.3, 0.4) is 0 Å². The molecule has 0 heterocycles. The minimum Gasteiger partial charge on any atom is -0.377 e. The maximum absolute atomic E-state index is 11.2. The minimum absolute atomic E-state index is 0.682. The van der Waals surface area contributed by atoms with E-state index in [1.54, 1.807) is 6.08 Å². The highest BCUT2D eigenvalue weighted by molar-refractivity contribution is 5.78. The lowest BCUT2D eigenvalue weighted by molar-refractivity contribution is -0.104. The number of hydrogen-bond donors (Lipinski definition) is 1. The molecule has 2 nitrogen and oxygen atoms in total. The zero-order chi connectivity index (χ0) is 14.0. The van der Waals surface area contributed by atoms with Crippen molar-refractivity contribution in [1.29, 1.82) is 0 Å². The Bertz CT molecular complexity index is 661. The third-order valence-corrected chi connectivity index (χ3v) is 3.60. The number of allylic oxidation sites excluding steroid dienone is 1. The second-order valence-corrected chi connectivity index (χ2v) is 4.77. The third-order valence-electron chi connectivity index (χ3n) is 3.60. The van der Waals surface area contributed by atoms with Gasteiger partial charge in [0.05, 0.1) is 0 Å². The molecule has 2 heteroatoms. The van der Waals surface area contributed by atoms with Crippen molar-refractivity contribution in [2.24, 2.45) is 0 Å². The molecule has 0 saturated carbocycles. The van der Waals surface area contributed by atoms with Crippen molar-refractivity contribution in [3.63, 3.8) is 0 Å². The van der Waals surface area contributed by atoms with E-state index in [-0.39, 0.29) is 0 Å². The molecule has 0 saturated heterocycles. The number of benzene rings is 2. The van der Waals surface area contributed by atoms with Gasteiger partial charge in [-0.25, -0.2) is 0 Å². The molecular formula is C18H14O2. The van der Waals surface area contributed by atoms with E-state index < -0.39 is 5.60 Å². The van der Waals surface area contributed by atoms with Crippen LogP contribution in [0, 0.1) is 0 Å². The van der Waals surface area contributed by atoms with Crippen molar-refractivity contribution in [3.05, 3.63) is 82.9 Å². The smallest absolute Gasteiger partial charge is 0.142 e. The minimum atomic E-state index is -1.29. The molecule has 3 rings (SSSR count). The maximum Gasteiger partial charge on any atom is 0.142 e. The number of aldehydes is 1. The van der Waals surface area contributed by atoms with Gasteiger partial charge in [0.2, 0.25) is 0 Å². The van der Waals surface area contributed by atoms with Crippen LogP contribution < -0.4 is 0 Å². The van der Waals surface area contributed by atoms with E-state index >= 15 is 0 Å². The molecule has 20 heavy (non-hydrogen) atoms. The Morgan fingerprint density at radius 1 is 0.850 bits per heavy atom. The van der Waals surface area contributed by atoms with Gasteiger partial charge in [-0.2, -0.15) is 0 Å². The number of aliphatic hydroxyl groups is 1. The van der Waals surface area contributed by atoms with E-state index in [1.165, 1.54) is 6.08 Å². The molecule has 0 spiro atoms. The van der Waals surface area contributed by atoms with E-state index in [4.69, 9.17) is 0 Å². The predicted octanol–water partition coefficient (Wildman–Crippen LogP) is 3.16. The fourth-order valence-electron chi connectivity index (χ4n) is 2.66.